The van der Waals surface area contributed by atoms with E-state index in [1.54, 1.807) is 18.3 Å². The fourth-order valence-corrected chi connectivity index (χ4v) is 3.68. The van der Waals surface area contributed by atoms with Crippen LogP contribution in [0.1, 0.15) is 5.82 Å². The molecule has 0 saturated heterocycles. The van der Waals surface area contributed by atoms with Gasteiger partial charge in [-0.3, -0.25) is 0 Å². The van der Waals surface area contributed by atoms with Gasteiger partial charge in [0.1, 0.15) is 17.3 Å². The number of hydrogen-bond acceptors (Lipinski definition) is 3. The Morgan fingerprint density at radius 3 is 2.47 bits per heavy atom. The first-order valence-corrected chi connectivity index (χ1v) is 9.72. The molecule has 0 radical (unpaired) electrons. The second kappa shape index (κ2) is 7.57. The first-order valence-electron chi connectivity index (χ1n) is 9.72. The van der Waals surface area contributed by atoms with Gasteiger partial charge in [-0.15, -0.1) is 0 Å². The lowest BCUT2D eigenvalue weighted by Gasteiger charge is -2.05. The summed E-state index contributed by atoms with van der Waals surface area (Å²) >= 11 is 0. The number of fused-ring (bicyclic) bond motifs is 1. The lowest BCUT2D eigenvalue weighted by Crippen LogP contribution is -1.92. The van der Waals surface area contributed by atoms with E-state index in [0.29, 0.717) is 17.9 Å². The molecule has 0 aliphatic heterocycles. The highest BCUT2D eigenvalue weighted by Crippen LogP contribution is 2.36. The van der Waals surface area contributed by atoms with E-state index in [9.17, 15) is 9.50 Å². The number of hydrogen-bond donors (Lipinski definition) is 3. The van der Waals surface area contributed by atoms with Crippen molar-refractivity contribution in [2.75, 3.05) is 6.61 Å². The SMILES string of the molecule is OCCc1nc(-c2ccc(F)cc2)c(-c2ccnc3[nH]c(-c4ccccc4)cc23)[nH]1. The summed E-state index contributed by atoms with van der Waals surface area (Å²) in [5, 5.41) is 10.3. The van der Waals surface area contributed by atoms with Gasteiger partial charge in [0, 0.05) is 34.8 Å². The molecule has 3 aromatic heterocycles. The maximum absolute atomic E-state index is 13.5. The summed E-state index contributed by atoms with van der Waals surface area (Å²) in [7, 11) is 0. The highest BCUT2D eigenvalue weighted by atomic mass is 19.1. The van der Waals surface area contributed by atoms with E-state index in [2.05, 4.69) is 26.0 Å². The van der Waals surface area contributed by atoms with Gasteiger partial charge >= 0.3 is 0 Å². The van der Waals surface area contributed by atoms with E-state index in [1.165, 1.54) is 12.1 Å². The summed E-state index contributed by atoms with van der Waals surface area (Å²) in [4.78, 5) is 15.9. The normalized spacial score (nSPS) is 11.3. The molecule has 0 saturated carbocycles. The van der Waals surface area contributed by atoms with Crippen LogP contribution in [0.5, 0.6) is 0 Å². The maximum Gasteiger partial charge on any atom is 0.138 e. The Hall–Kier alpha value is -3.77. The highest BCUT2D eigenvalue weighted by Gasteiger charge is 2.18. The van der Waals surface area contributed by atoms with Crippen LogP contribution in [0, 0.1) is 5.82 Å². The van der Waals surface area contributed by atoms with Crippen molar-refractivity contribution in [1.29, 1.82) is 0 Å². The van der Waals surface area contributed by atoms with Gasteiger partial charge in [-0.1, -0.05) is 30.3 Å². The molecule has 5 rings (SSSR count). The molecule has 3 N–H and O–H groups in total. The van der Waals surface area contributed by atoms with Crippen LogP contribution in [-0.4, -0.2) is 31.6 Å². The fourth-order valence-electron chi connectivity index (χ4n) is 3.68. The fraction of sp³-hybridized carbons (Fsp3) is 0.0833. The summed E-state index contributed by atoms with van der Waals surface area (Å²) in [6, 6.07) is 20.4. The lowest BCUT2D eigenvalue weighted by molar-refractivity contribution is 0.297. The van der Waals surface area contributed by atoms with Crippen molar-refractivity contribution in [1.82, 2.24) is 19.9 Å². The number of H-pyrrole nitrogens is 2. The van der Waals surface area contributed by atoms with Crippen LogP contribution in [0.25, 0.3) is 44.8 Å². The van der Waals surface area contributed by atoms with Crippen molar-refractivity contribution in [2.24, 2.45) is 0 Å². The molecule has 0 atom stereocenters. The molecule has 0 aliphatic carbocycles. The molecular formula is C24H19FN4O. The number of nitrogens with zero attached hydrogens (tertiary/aromatic N) is 2. The first kappa shape index (κ1) is 18.3. The number of benzene rings is 2. The minimum absolute atomic E-state index is 0.0100. The van der Waals surface area contributed by atoms with E-state index in [1.807, 2.05) is 36.4 Å². The summed E-state index contributed by atoms with van der Waals surface area (Å²) in [5.74, 6) is 0.381. The van der Waals surface area contributed by atoms with E-state index < -0.39 is 0 Å². The van der Waals surface area contributed by atoms with Crippen LogP contribution in [0.2, 0.25) is 0 Å². The second-order valence-corrected chi connectivity index (χ2v) is 7.06. The number of halogens is 1. The quantitative estimate of drug-likeness (QED) is 0.392. The molecule has 0 bridgehead atoms. The number of rotatable bonds is 5. The van der Waals surface area contributed by atoms with Crippen molar-refractivity contribution >= 4 is 11.0 Å². The van der Waals surface area contributed by atoms with Gasteiger partial charge in [-0.25, -0.2) is 14.4 Å². The van der Waals surface area contributed by atoms with Gasteiger partial charge in [0.15, 0.2) is 0 Å². The Bertz CT molecular complexity index is 1310. The number of aliphatic hydroxyl groups excluding tert-OH is 1. The molecule has 0 fully saturated rings. The van der Waals surface area contributed by atoms with Crippen LogP contribution in [-0.2, 0) is 6.42 Å². The molecule has 0 unspecified atom stereocenters. The maximum atomic E-state index is 13.5. The zero-order valence-corrected chi connectivity index (χ0v) is 16.1. The molecule has 5 aromatic rings. The van der Waals surface area contributed by atoms with E-state index in [4.69, 9.17) is 0 Å². The van der Waals surface area contributed by atoms with Crippen molar-refractivity contribution in [3.05, 3.63) is 84.6 Å². The Kier molecular flexibility index (Phi) is 4.61. The van der Waals surface area contributed by atoms with Crippen LogP contribution in [0.15, 0.2) is 72.9 Å². The Labute approximate surface area is 172 Å². The number of aromatic amines is 2. The summed E-state index contributed by atoms with van der Waals surface area (Å²) < 4.78 is 13.5. The zero-order valence-electron chi connectivity index (χ0n) is 16.1. The Morgan fingerprint density at radius 1 is 0.900 bits per heavy atom. The van der Waals surface area contributed by atoms with Crippen molar-refractivity contribution in [2.45, 2.75) is 6.42 Å². The largest absolute Gasteiger partial charge is 0.396 e. The number of imidazole rings is 1. The summed E-state index contributed by atoms with van der Waals surface area (Å²) in [6.45, 7) is -0.0100. The molecule has 30 heavy (non-hydrogen) atoms. The number of aliphatic hydroxyl groups is 1. The van der Waals surface area contributed by atoms with Crippen molar-refractivity contribution in [3.8, 4) is 33.8 Å². The molecule has 3 heterocycles. The van der Waals surface area contributed by atoms with Gasteiger partial charge in [0.2, 0.25) is 0 Å². The number of pyridine rings is 1. The summed E-state index contributed by atoms with van der Waals surface area (Å²) in [5.41, 5.74) is 6.10. The van der Waals surface area contributed by atoms with Gasteiger partial charge in [0.25, 0.3) is 0 Å². The standard InChI is InChI=1S/C24H19FN4O/c25-17-8-6-16(7-9-17)22-23(29-21(28-22)11-13-30)18-10-12-26-24-19(18)14-20(27-24)15-4-2-1-3-5-15/h1-10,12,14,30H,11,13H2,(H,26,27)(H,28,29). The smallest absolute Gasteiger partial charge is 0.138 e. The predicted molar refractivity (Wildman–Crippen MR) is 115 cm³/mol. The van der Waals surface area contributed by atoms with Gasteiger partial charge in [-0.05, 0) is 42.0 Å². The first-order chi connectivity index (χ1) is 14.7. The van der Waals surface area contributed by atoms with Gasteiger partial charge in [-0.2, -0.15) is 0 Å². The van der Waals surface area contributed by atoms with E-state index in [-0.39, 0.29) is 12.4 Å². The molecule has 0 aliphatic rings. The highest BCUT2D eigenvalue weighted by molar-refractivity contribution is 5.98. The summed E-state index contributed by atoms with van der Waals surface area (Å²) in [6.07, 6.45) is 2.16. The topological polar surface area (TPSA) is 77.6 Å². The minimum atomic E-state index is -0.296. The number of aromatic nitrogens is 4. The lowest BCUT2D eigenvalue weighted by atomic mass is 10.0. The van der Waals surface area contributed by atoms with Crippen molar-refractivity contribution < 1.29 is 9.50 Å². The molecule has 6 heteroatoms. The van der Waals surface area contributed by atoms with Crippen LogP contribution in [0.4, 0.5) is 4.39 Å². The van der Waals surface area contributed by atoms with Crippen LogP contribution >= 0.6 is 0 Å². The molecule has 0 amide bonds. The van der Waals surface area contributed by atoms with Crippen LogP contribution in [0.3, 0.4) is 0 Å². The van der Waals surface area contributed by atoms with E-state index in [0.717, 1.165) is 39.1 Å². The van der Waals surface area contributed by atoms with Crippen LogP contribution < -0.4 is 0 Å². The van der Waals surface area contributed by atoms with Gasteiger partial charge < -0.3 is 15.1 Å². The van der Waals surface area contributed by atoms with Crippen molar-refractivity contribution in [3.63, 3.8) is 0 Å². The molecule has 0 spiro atoms. The average molecular weight is 398 g/mol. The Morgan fingerprint density at radius 2 is 1.70 bits per heavy atom. The van der Waals surface area contributed by atoms with E-state index >= 15 is 0 Å². The third kappa shape index (κ3) is 3.27. The monoisotopic (exact) mass is 398 g/mol. The minimum Gasteiger partial charge on any atom is -0.396 e. The predicted octanol–water partition coefficient (Wildman–Crippen LogP) is 4.96. The molecule has 2 aromatic carbocycles. The average Bonchev–Trinajstić information content (AvgIpc) is 3.39. The third-order valence-electron chi connectivity index (χ3n) is 5.11. The zero-order chi connectivity index (χ0) is 20.5. The molecule has 148 valence electrons. The Balaban J connectivity index is 1.70. The number of nitrogens with one attached hydrogen (secondary N) is 2. The molecular weight excluding hydrogens is 379 g/mol. The van der Waals surface area contributed by atoms with Gasteiger partial charge in [0.05, 0.1) is 18.0 Å². The molecule has 5 nitrogen and oxygen atoms in total. The third-order valence-corrected chi connectivity index (χ3v) is 5.11. The second-order valence-electron chi connectivity index (χ2n) is 7.06.